The molecule has 9 heteroatoms. The van der Waals surface area contributed by atoms with Gasteiger partial charge in [-0.05, 0) is 18.2 Å². The molecular weight excluding hydrogens is 340 g/mol. The van der Waals surface area contributed by atoms with Gasteiger partial charge in [0.25, 0.3) is 0 Å². The van der Waals surface area contributed by atoms with Crippen molar-refractivity contribution < 1.29 is 14.3 Å². The number of rotatable bonds is 7. The van der Waals surface area contributed by atoms with Crippen LogP contribution in [0.1, 0.15) is 6.42 Å². The van der Waals surface area contributed by atoms with Crippen LogP contribution in [0.3, 0.4) is 0 Å². The van der Waals surface area contributed by atoms with Crippen LogP contribution in [-0.2, 0) is 14.3 Å². The molecule has 23 heavy (non-hydrogen) atoms. The standard InChI is InChI=1S/C14H15ClN4O3S/c1-22-14(21)4-5-23-7-13(20)18-11-6-10(15)2-3-12(11)19-9-16-8-17-19/h2-3,6,8-9H,4-5,7H2,1H3,(H,18,20). The first-order valence-corrected chi connectivity index (χ1v) is 8.22. The van der Waals surface area contributed by atoms with Crippen LogP contribution in [0.2, 0.25) is 5.02 Å². The number of anilines is 1. The average molecular weight is 355 g/mol. The monoisotopic (exact) mass is 354 g/mol. The smallest absolute Gasteiger partial charge is 0.306 e. The Bertz CT molecular complexity index is 679. The number of carbonyl (C=O) groups excluding carboxylic acids is 2. The topological polar surface area (TPSA) is 86.1 Å². The zero-order chi connectivity index (χ0) is 16.7. The number of methoxy groups -OCH3 is 1. The van der Waals surface area contributed by atoms with Gasteiger partial charge in [0.15, 0.2) is 0 Å². The second-order valence-corrected chi connectivity index (χ2v) is 5.97. The summed E-state index contributed by atoms with van der Waals surface area (Å²) in [7, 11) is 1.34. The number of hydrogen-bond donors (Lipinski definition) is 1. The van der Waals surface area contributed by atoms with Gasteiger partial charge in [0.05, 0.1) is 30.7 Å². The molecule has 0 saturated carbocycles. The van der Waals surface area contributed by atoms with Gasteiger partial charge in [-0.25, -0.2) is 9.67 Å². The molecule has 0 bridgehead atoms. The molecule has 0 aliphatic carbocycles. The third-order valence-electron chi connectivity index (χ3n) is 2.81. The summed E-state index contributed by atoms with van der Waals surface area (Å²) in [6, 6.07) is 5.10. The molecular formula is C14H15ClN4O3S. The molecule has 1 aromatic carbocycles. The molecule has 0 unspecified atom stereocenters. The lowest BCUT2D eigenvalue weighted by molar-refractivity contribution is -0.140. The maximum absolute atomic E-state index is 12.0. The van der Waals surface area contributed by atoms with Crippen molar-refractivity contribution in [2.75, 3.05) is 23.9 Å². The van der Waals surface area contributed by atoms with Crippen LogP contribution in [0, 0.1) is 0 Å². The normalized spacial score (nSPS) is 10.3. The van der Waals surface area contributed by atoms with Crippen LogP contribution in [0.25, 0.3) is 5.69 Å². The number of esters is 1. The second-order valence-electron chi connectivity index (χ2n) is 4.43. The van der Waals surface area contributed by atoms with Gasteiger partial charge in [0, 0.05) is 10.8 Å². The molecule has 2 aromatic rings. The van der Waals surface area contributed by atoms with E-state index < -0.39 is 0 Å². The number of carbonyl (C=O) groups is 2. The molecule has 0 aliphatic heterocycles. The first-order chi connectivity index (χ1) is 11.1. The number of amides is 1. The summed E-state index contributed by atoms with van der Waals surface area (Å²) >= 11 is 7.34. The van der Waals surface area contributed by atoms with Crippen LogP contribution in [0.4, 0.5) is 5.69 Å². The molecule has 122 valence electrons. The average Bonchev–Trinajstić information content (AvgIpc) is 3.05. The number of ether oxygens (including phenoxy) is 1. The minimum Gasteiger partial charge on any atom is -0.469 e. The molecule has 0 aliphatic rings. The molecule has 7 nitrogen and oxygen atoms in total. The largest absolute Gasteiger partial charge is 0.469 e. The van der Waals surface area contributed by atoms with E-state index in [0.29, 0.717) is 22.2 Å². The van der Waals surface area contributed by atoms with Crippen LogP contribution in [0.15, 0.2) is 30.9 Å². The van der Waals surface area contributed by atoms with Crippen molar-refractivity contribution in [2.45, 2.75) is 6.42 Å². The maximum Gasteiger partial charge on any atom is 0.306 e. The fraction of sp³-hybridized carbons (Fsp3) is 0.286. The minimum atomic E-state index is -0.291. The quantitative estimate of drug-likeness (QED) is 0.605. The van der Waals surface area contributed by atoms with E-state index in [0.717, 1.165) is 0 Å². The van der Waals surface area contributed by atoms with Crippen molar-refractivity contribution in [3.8, 4) is 5.69 Å². The van der Waals surface area contributed by atoms with Gasteiger partial charge in [0.1, 0.15) is 12.7 Å². The van der Waals surface area contributed by atoms with Gasteiger partial charge < -0.3 is 10.1 Å². The van der Waals surface area contributed by atoms with Gasteiger partial charge in [-0.2, -0.15) is 16.9 Å². The summed E-state index contributed by atoms with van der Waals surface area (Å²) in [5.41, 5.74) is 1.21. The van der Waals surface area contributed by atoms with Crippen molar-refractivity contribution in [2.24, 2.45) is 0 Å². The summed E-state index contributed by atoms with van der Waals surface area (Å²) in [5.74, 6) is 0.260. The van der Waals surface area contributed by atoms with E-state index in [1.807, 2.05) is 0 Å². The zero-order valence-corrected chi connectivity index (χ0v) is 13.9. The van der Waals surface area contributed by atoms with Crippen molar-refractivity contribution >= 4 is 40.9 Å². The highest BCUT2D eigenvalue weighted by molar-refractivity contribution is 7.99. The number of thioether (sulfide) groups is 1. The Morgan fingerprint density at radius 3 is 2.96 bits per heavy atom. The van der Waals surface area contributed by atoms with Crippen LogP contribution in [-0.4, -0.2) is 45.3 Å². The van der Waals surface area contributed by atoms with Crippen molar-refractivity contribution in [1.82, 2.24) is 14.8 Å². The van der Waals surface area contributed by atoms with Gasteiger partial charge >= 0.3 is 5.97 Å². The van der Waals surface area contributed by atoms with E-state index in [9.17, 15) is 9.59 Å². The summed E-state index contributed by atoms with van der Waals surface area (Å²) in [4.78, 5) is 26.9. The third-order valence-corrected chi connectivity index (χ3v) is 4.00. The summed E-state index contributed by atoms with van der Waals surface area (Å²) in [6.45, 7) is 0. The first kappa shape index (κ1) is 17.3. The Balaban J connectivity index is 1.95. The van der Waals surface area contributed by atoms with E-state index in [1.54, 1.807) is 18.2 Å². The fourth-order valence-corrected chi connectivity index (χ4v) is 2.63. The van der Waals surface area contributed by atoms with Gasteiger partial charge in [-0.1, -0.05) is 11.6 Å². The predicted molar refractivity (Wildman–Crippen MR) is 89.0 cm³/mol. The van der Waals surface area contributed by atoms with Crippen LogP contribution >= 0.6 is 23.4 Å². The Hall–Kier alpha value is -2.06. The Kier molecular flexibility index (Phi) is 6.42. The number of nitrogens with one attached hydrogen (secondary N) is 1. The van der Waals surface area contributed by atoms with E-state index in [1.165, 1.54) is 36.2 Å². The number of hydrogen-bond acceptors (Lipinski definition) is 6. The van der Waals surface area contributed by atoms with Crippen molar-refractivity contribution in [3.63, 3.8) is 0 Å². The summed E-state index contributed by atoms with van der Waals surface area (Å²) in [5, 5.41) is 7.34. The highest BCUT2D eigenvalue weighted by Crippen LogP contribution is 2.24. The highest BCUT2D eigenvalue weighted by Gasteiger charge is 2.10. The number of halogens is 1. The molecule has 1 aromatic heterocycles. The van der Waals surface area contributed by atoms with E-state index >= 15 is 0 Å². The SMILES string of the molecule is COC(=O)CCSCC(=O)Nc1cc(Cl)ccc1-n1cncn1. The number of aromatic nitrogens is 3. The second kappa shape index (κ2) is 8.54. The Morgan fingerprint density at radius 1 is 1.43 bits per heavy atom. The number of benzene rings is 1. The van der Waals surface area contributed by atoms with E-state index in [4.69, 9.17) is 11.6 Å². The molecule has 1 amide bonds. The first-order valence-electron chi connectivity index (χ1n) is 6.69. The molecule has 1 heterocycles. The molecule has 0 atom stereocenters. The molecule has 0 saturated heterocycles. The molecule has 0 radical (unpaired) electrons. The molecule has 1 N–H and O–H groups in total. The maximum atomic E-state index is 12.0. The molecule has 0 spiro atoms. The van der Waals surface area contributed by atoms with Crippen molar-refractivity contribution in [1.29, 1.82) is 0 Å². The predicted octanol–water partition coefficient (Wildman–Crippen LogP) is 2.16. The molecule has 2 rings (SSSR count). The lowest BCUT2D eigenvalue weighted by atomic mass is 10.2. The van der Waals surface area contributed by atoms with Gasteiger partial charge in [-0.3, -0.25) is 9.59 Å². The zero-order valence-electron chi connectivity index (χ0n) is 12.4. The van der Waals surface area contributed by atoms with Crippen LogP contribution in [0.5, 0.6) is 0 Å². The highest BCUT2D eigenvalue weighted by atomic mass is 35.5. The van der Waals surface area contributed by atoms with Crippen LogP contribution < -0.4 is 5.32 Å². The lowest BCUT2D eigenvalue weighted by Gasteiger charge is -2.11. The number of nitrogens with zero attached hydrogens (tertiary/aromatic N) is 3. The lowest BCUT2D eigenvalue weighted by Crippen LogP contribution is -2.16. The van der Waals surface area contributed by atoms with Crippen molar-refractivity contribution in [3.05, 3.63) is 35.9 Å². The van der Waals surface area contributed by atoms with E-state index in [2.05, 4.69) is 20.1 Å². The summed E-state index contributed by atoms with van der Waals surface area (Å²) < 4.78 is 6.08. The van der Waals surface area contributed by atoms with Gasteiger partial charge in [0.2, 0.25) is 5.91 Å². The Labute approximate surface area is 142 Å². The molecule has 0 fully saturated rings. The third kappa shape index (κ3) is 5.26. The minimum absolute atomic E-state index is 0.191. The summed E-state index contributed by atoms with van der Waals surface area (Å²) in [6.07, 6.45) is 3.21. The van der Waals surface area contributed by atoms with Gasteiger partial charge in [-0.15, -0.1) is 0 Å². The van der Waals surface area contributed by atoms with E-state index in [-0.39, 0.29) is 24.1 Å². The Morgan fingerprint density at radius 2 is 2.26 bits per heavy atom. The fourth-order valence-electron chi connectivity index (χ4n) is 1.75.